The molecule has 1 amide bonds. The number of hydrogen-bond donors (Lipinski definition) is 3. The molecule has 0 aliphatic rings. The Morgan fingerprint density at radius 3 is 1.10 bits per heavy atom. The first kappa shape index (κ1) is 69.8. The SMILES string of the molecule is CCCCC/C=C\C/C=C\CCCCCCCC(=O)OCCCCCCCCCCC/C=C\CCCCCCCCCC(=O)NC(CO)C(O)/C=C/CCCCCCCCCCCCCCCCCCCC. The van der Waals surface area contributed by atoms with Crippen molar-refractivity contribution < 1.29 is 24.5 Å². The monoisotopic (exact) mass is 1010 g/mol. The van der Waals surface area contributed by atoms with Crippen molar-refractivity contribution in [2.75, 3.05) is 13.2 Å². The van der Waals surface area contributed by atoms with E-state index in [1.54, 1.807) is 6.08 Å². The van der Waals surface area contributed by atoms with Gasteiger partial charge in [-0.1, -0.05) is 281 Å². The maximum atomic E-state index is 12.5. The van der Waals surface area contributed by atoms with Crippen molar-refractivity contribution in [3.63, 3.8) is 0 Å². The fourth-order valence-corrected chi connectivity index (χ4v) is 9.66. The number of ether oxygens (including phenoxy) is 1. The van der Waals surface area contributed by atoms with E-state index in [9.17, 15) is 19.8 Å². The zero-order valence-electron chi connectivity index (χ0n) is 48.2. The van der Waals surface area contributed by atoms with Crippen molar-refractivity contribution in [2.45, 2.75) is 347 Å². The molecular formula is C66H123NO5. The normalized spacial score (nSPS) is 12.9. The molecule has 0 fully saturated rings. The Morgan fingerprint density at radius 2 is 0.694 bits per heavy atom. The molecule has 0 rings (SSSR count). The maximum Gasteiger partial charge on any atom is 0.305 e. The van der Waals surface area contributed by atoms with Crippen LogP contribution < -0.4 is 5.32 Å². The largest absolute Gasteiger partial charge is 0.466 e. The molecule has 2 atom stereocenters. The average Bonchev–Trinajstić information content (AvgIpc) is 3.38. The van der Waals surface area contributed by atoms with Gasteiger partial charge in [0.05, 0.1) is 25.4 Å². The van der Waals surface area contributed by atoms with E-state index < -0.39 is 12.1 Å². The van der Waals surface area contributed by atoms with Crippen molar-refractivity contribution in [2.24, 2.45) is 0 Å². The first-order valence-electron chi connectivity index (χ1n) is 31.9. The molecule has 0 aliphatic heterocycles. The van der Waals surface area contributed by atoms with Gasteiger partial charge in [0.25, 0.3) is 0 Å². The molecule has 0 aromatic carbocycles. The molecule has 0 radical (unpaired) electrons. The minimum atomic E-state index is -0.852. The number of carbonyl (C=O) groups excluding carboxylic acids is 2. The van der Waals surface area contributed by atoms with Crippen LogP contribution in [0.1, 0.15) is 335 Å². The van der Waals surface area contributed by atoms with Gasteiger partial charge in [-0.3, -0.25) is 9.59 Å². The van der Waals surface area contributed by atoms with Crippen LogP contribution >= 0.6 is 0 Å². The van der Waals surface area contributed by atoms with Gasteiger partial charge in [-0.15, -0.1) is 0 Å². The predicted molar refractivity (Wildman–Crippen MR) is 315 cm³/mol. The Kier molecular flexibility index (Phi) is 59.5. The molecule has 0 aromatic heterocycles. The summed E-state index contributed by atoms with van der Waals surface area (Å²) in [4.78, 5) is 24.5. The third kappa shape index (κ3) is 57.1. The number of aliphatic hydroxyl groups is 2. The van der Waals surface area contributed by atoms with Gasteiger partial charge in [0.15, 0.2) is 0 Å². The third-order valence-electron chi connectivity index (χ3n) is 14.6. The van der Waals surface area contributed by atoms with E-state index in [0.29, 0.717) is 19.4 Å². The van der Waals surface area contributed by atoms with Gasteiger partial charge in [0.1, 0.15) is 0 Å². The quantitative estimate of drug-likeness (QED) is 0.0320. The number of unbranched alkanes of at least 4 members (excludes halogenated alkanes) is 42. The van der Waals surface area contributed by atoms with E-state index in [-0.39, 0.29) is 18.5 Å². The molecular weight excluding hydrogens is 887 g/mol. The second-order valence-corrected chi connectivity index (χ2v) is 21.7. The molecule has 3 N–H and O–H groups in total. The summed E-state index contributed by atoms with van der Waals surface area (Å²) in [5.41, 5.74) is 0. The van der Waals surface area contributed by atoms with Crippen molar-refractivity contribution in [1.29, 1.82) is 0 Å². The van der Waals surface area contributed by atoms with Gasteiger partial charge in [0.2, 0.25) is 5.91 Å². The number of carbonyl (C=O) groups is 2. The van der Waals surface area contributed by atoms with Crippen LogP contribution in [-0.4, -0.2) is 47.4 Å². The lowest BCUT2D eigenvalue weighted by Gasteiger charge is -2.20. The fraction of sp³-hybridized carbons (Fsp3) is 0.848. The molecule has 2 unspecified atom stereocenters. The lowest BCUT2D eigenvalue weighted by atomic mass is 10.0. The third-order valence-corrected chi connectivity index (χ3v) is 14.6. The summed E-state index contributed by atoms with van der Waals surface area (Å²) in [6.45, 7) is 4.88. The van der Waals surface area contributed by atoms with Gasteiger partial charge >= 0.3 is 5.97 Å². The number of rotatable bonds is 59. The van der Waals surface area contributed by atoms with Gasteiger partial charge in [0, 0.05) is 12.8 Å². The van der Waals surface area contributed by atoms with Crippen molar-refractivity contribution in [1.82, 2.24) is 5.32 Å². The van der Waals surface area contributed by atoms with Crippen molar-refractivity contribution in [3.8, 4) is 0 Å². The number of amides is 1. The molecule has 0 aromatic rings. The highest BCUT2D eigenvalue weighted by Gasteiger charge is 2.18. The molecule has 0 heterocycles. The Balaban J connectivity index is 3.47. The first-order valence-corrected chi connectivity index (χ1v) is 31.9. The molecule has 0 saturated heterocycles. The molecule has 0 saturated carbocycles. The Bertz CT molecular complexity index is 1210. The number of esters is 1. The van der Waals surface area contributed by atoms with Crippen LogP contribution in [0.5, 0.6) is 0 Å². The van der Waals surface area contributed by atoms with Crippen LogP contribution in [0.2, 0.25) is 0 Å². The topological polar surface area (TPSA) is 95.9 Å². The summed E-state index contributed by atoms with van der Waals surface area (Å²) in [5, 5.41) is 23.2. The van der Waals surface area contributed by atoms with Crippen LogP contribution in [-0.2, 0) is 14.3 Å². The molecule has 72 heavy (non-hydrogen) atoms. The van der Waals surface area contributed by atoms with Crippen LogP contribution in [0.3, 0.4) is 0 Å². The summed E-state index contributed by atoms with van der Waals surface area (Å²) in [6, 6.07) is -0.636. The van der Waals surface area contributed by atoms with E-state index in [2.05, 4.69) is 55.6 Å². The fourth-order valence-electron chi connectivity index (χ4n) is 9.66. The van der Waals surface area contributed by atoms with Crippen LogP contribution in [0, 0.1) is 0 Å². The van der Waals surface area contributed by atoms with Gasteiger partial charge in [-0.25, -0.2) is 0 Å². The Labute approximate surface area is 448 Å². The smallest absolute Gasteiger partial charge is 0.305 e. The van der Waals surface area contributed by atoms with E-state index in [4.69, 9.17) is 4.74 Å². The molecule has 0 spiro atoms. The maximum absolute atomic E-state index is 12.5. The summed E-state index contributed by atoms with van der Waals surface area (Å²) in [7, 11) is 0. The molecule has 0 aliphatic carbocycles. The highest BCUT2D eigenvalue weighted by molar-refractivity contribution is 5.76. The predicted octanol–water partition coefficient (Wildman–Crippen LogP) is 20.1. The van der Waals surface area contributed by atoms with Crippen molar-refractivity contribution in [3.05, 3.63) is 48.6 Å². The molecule has 6 nitrogen and oxygen atoms in total. The number of aliphatic hydroxyl groups excluding tert-OH is 2. The minimum absolute atomic E-state index is 0.00855. The second-order valence-electron chi connectivity index (χ2n) is 21.7. The second kappa shape index (κ2) is 61.4. The standard InChI is InChI=1S/C66H123NO5/c1-3-5-7-9-11-13-15-17-19-20-21-24-27-31-34-38-42-46-50-54-58-64(69)63(62-68)67-65(70)59-55-51-47-43-39-35-32-28-25-22-23-26-29-33-37-41-45-49-53-57-61-72-66(71)60-56-52-48-44-40-36-30-18-16-14-12-10-8-6-4-2/h12,14,18,22,25,30,54,58,63-64,68-69H,3-11,13,15-17,19-21,23-24,26-29,31-53,55-57,59-62H2,1-2H3,(H,67,70)/b14-12-,25-22-,30-18-,58-54+. The Morgan fingerprint density at radius 1 is 0.389 bits per heavy atom. The van der Waals surface area contributed by atoms with Gasteiger partial charge < -0.3 is 20.3 Å². The summed E-state index contributed by atoms with van der Waals surface area (Å²) in [6.07, 6.45) is 78.6. The average molecular weight is 1010 g/mol. The van der Waals surface area contributed by atoms with Gasteiger partial charge in [-0.2, -0.15) is 0 Å². The highest BCUT2D eigenvalue weighted by atomic mass is 16.5. The van der Waals surface area contributed by atoms with Crippen LogP contribution in [0.15, 0.2) is 48.6 Å². The minimum Gasteiger partial charge on any atom is -0.466 e. The van der Waals surface area contributed by atoms with Crippen LogP contribution in [0.4, 0.5) is 0 Å². The zero-order chi connectivity index (χ0) is 52.2. The zero-order valence-corrected chi connectivity index (χ0v) is 48.2. The number of hydrogen-bond acceptors (Lipinski definition) is 5. The lowest BCUT2D eigenvalue weighted by Crippen LogP contribution is -2.45. The summed E-state index contributed by atoms with van der Waals surface area (Å²) < 4.78 is 5.47. The number of nitrogens with one attached hydrogen (secondary N) is 1. The summed E-state index contributed by atoms with van der Waals surface area (Å²) >= 11 is 0. The lowest BCUT2D eigenvalue weighted by molar-refractivity contribution is -0.143. The Hall–Kier alpha value is -2.18. The molecule has 6 heteroatoms. The van der Waals surface area contributed by atoms with E-state index in [1.807, 2.05) is 6.08 Å². The number of allylic oxidation sites excluding steroid dienone is 7. The van der Waals surface area contributed by atoms with E-state index in [1.165, 1.54) is 250 Å². The molecule has 422 valence electrons. The first-order chi connectivity index (χ1) is 35.5. The van der Waals surface area contributed by atoms with Gasteiger partial charge in [-0.05, 0) is 89.9 Å². The van der Waals surface area contributed by atoms with Crippen LogP contribution in [0.25, 0.3) is 0 Å². The van der Waals surface area contributed by atoms with E-state index in [0.717, 1.165) is 57.8 Å². The molecule has 0 bridgehead atoms. The highest BCUT2D eigenvalue weighted by Crippen LogP contribution is 2.17. The van der Waals surface area contributed by atoms with Crippen molar-refractivity contribution >= 4 is 11.9 Å². The summed E-state index contributed by atoms with van der Waals surface area (Å²) in [5.74, 6) is -0.0836. The van der Waals surface area contributed by atoms with E-state index >= 15 is 0 Å².